The van der Waals surface area contributed by atoms with Gasteiger partial charge in [-0.25, -0.2) is 0 Å². The molecule has 0 saturated heterocycles. The molecule has 0 aliphatic heterocycles. The second-order valence-electron chi connectivity index (χ2n) is 3.51. The molecule has 0 rings (SSSR count). The smallest absolute Gasteiger partial charge is 0.0593 e. The van der Waals surface area contributed by atoms with Crippen molar-refractivity contribution in [2.75, 3.05) is 33.4 Å². The van der Waals surface area contributed by atoms with Crippen LogP contribution in [-0.2, 0) is 4.74 Å². The van der Waals surface area contributed by atoms with Crippen LogP contribution in [0.4, 0.5) is 0 Å². The van der Waals surface area contributed by atoms with Crippen molar-refractivity contribution < 1.29 is 4.74 Å². The van der Waals surface area contributed by atoms with Gasteiger partial charge in [0, 0.05) is 25.1 Å². The average Bonchev–Trinajstić information content (AvgIpc) is 2.02. The molecular formula is C10H22ClNO. The van der Waals surface area contributed by atoms with Gasteiger partial charge in [-0.2, -0.15) is 0 Å². The summed E-state index contributed by atoms with van der Waals surface area (Å²) < 4.78 is 5.44. The van der Waals surface area contributed by atoms with Gasteiger partial charge in [-0.1, -0.05) is 13.3 Å². The summed E-state index contributed by atoms with van der Waals surface area (Å²) in [6, 6.07) is 0. The Kier molecular flexibility index (Phi) is 8.93. The largest absolute Gasteiger partial charge is 0.380 e. The van der Waals surface area contributed by atoms with Crippen molar-refractivity contribution in [3.8, 4) is 0 Å². The summed E-state index contributed by atoms with van der Waals surface area (Å²) in [6.07, 6.45) is 2.37. The van der Waals surface area contributed by atoms with Crippen molar-refractivity contribution in [2.24, 2.45) is 0 Å². The monoisotopic (exact) mass is 207 g/mol. The van der Waals surface area contributed by atoms with Gasteiger partial charge in [0.15, 0.2) is 0 Å². The Morgan fingerprint density at radius 1 is 1.38 bits per heavy atom. The molecule has 2 nitrogen and oxygen atoms in total. The standard InChI is InChI=1S/C10H22ClNO/c1-4-5-7-13-8-6-12(3)9-10(2)11/h10H,4-9H2,1-3H3. The van der Waals surface area contributed by atoms with Gasteiger partial charge in [0.05, 0.1) is 6.61 Å². The SMILES string of the molecule is CCCCOCCN(C)CC(C)Cl. The maximum Gasteiger partial charge on any atom is 0.0593 e. The molecule has 0 spiro atoms. The Bertz CT molecular complexity index is 109. The van der Waals surface area contributed by atoms with Crippen LogP contribution < -0.4 is 0 Å². The van der Waals surface area contributed by atoms with E-state index in [0.29, 0.717) is 0 Å². The zero-order chi connectivity index (χ0) is 10.1. The van der Waals surface area contributed by atoms with Crippen LogP contribution in [0.25, 0.3) is 0 Å². The van der Waals surface area contributed by atoms with Crippen molar-refractivity contribution in [1.82, 2.24) is 4.90 Å². The first-order valence-corrected chi connectivity index (χ1v) is 5.50. The first-order chi connectivity index (χ1) is 6.16. The van der Waals surface area contributed by atoms with E-state index in [1.165, 1.54) is 6.42 Å². The number of alkyl halides is 1. The van der Waals surface area contributed by atoms with Gasteiger partial charge in [-0.05, 0) is 20.4 Å². The van der Waals surface area contributed by atoms with Crippen LogP contribution in [0.3, 0.4) is 0 Å². The molecule has 0 aromatic heterocycles. The Morgan fingerprint density at radius 3 is 2.62 bits per heavy atom. The minimum Gasteiger partial charge on any atom is -0.380 e. The fraction of sp³-hybridized carbons (Fsp3) is 1.00. The second kappa shape index (κ2) is 8.79. The molecule has 0 heterocycles. The van der Waals surface area contributed by atoms with Crippen molar-refractivity contribution in [3.05, 3.63) is 0 Å². The fourth-order valence-corrected chi connectivity index (χ4v) is 1.33. The van der Waals surface area contributed by atoms with Crippen molar-refractivity contribution in [2.45, 2.75) is 32.1 Å². The number of hydrogen-bond donors (Lipinski definition) is 0. The van der Waals surface area contributed by atoms with Gasteiger partial charge >= 0.3 is 0 Å². The minimum atomic E-state index is 0.223. The van der Waals surface area contributed by atoms with E-state index < -0.39 is 0 Å². The van der Waals surface area contributed by atoms with Crippen LogP contribution in [0.2, 0.25) is 0 Å². The van der Waals surface area contributed by atoms with E-state index in [9.17, 15) is 0 Å². The summed E-state index contributed by atoms with van der Waals surface area (Å²) in [6.45, 7) is 7.79. The highest BCUT2D eigenvalue weighted by molar-refractivity contribution is 6.20. The maximum atomic E-state index is 5.85. The molecule has 13 heavy (non-hydrogen) atoms. The third-order valence-corrected chi connectivity index (χ3v) is 1.96. The third-order valence-electron chi connectivity index (χ3n) is 1.82. The van der Waals surface area contributed by atoms with Gasteiger partial charge in [-0.15, -0.1) is 11.6 Å². The van der Waals surface area contributed by atoms with Gasteiger partial charge in [0.1, 0.15) is 0 Å². The summed E-state index contributed by atoms with van der Waals surface area (Å²) in [5.41, 5.74) is 0. The average molecular weight is 208 g/mol. The summed E-state index contributed by atoms with van der Waals surface area (Å²) in [4.78, 5) is 2.20. The van der Waals surface area contributed by atoms with E-state index in [-0.39, 0.29) is 5.38 Å². The summed E-state index contributed by atoms with van der Waals surface area (Å²) in [5, 5.41) is 0.223. The molecule has 1 unspecified atom stereocenters. The van der Waals surface area contributed by atoms with Crippen molar-refractivity contribution >= 4 is 11.6 Å². The van der Waals surface area contributed by atoms with Crippen molar-refractivity contribution in [3.63, 3.8) is 0 Å². The summed E-state index contributed by atoms with van der Waals surface area (Å²) >= 11 is 5.85. The van der Waals surface area contributed by atoms with Crippen LogP contribution in [0, 0.1) is 0 Å². The lowest BCUT2D eigenvalue weighted by molar-refractivity contribution is 0.109. The second-order valence-corrected chi connectivity index (χ2v) is 4.25. The van der Waals surface area contributed by atoms with Crippen molar-refractivity contribution in [1.29, 1.82) is 0 Å². The number of likely N-dealkylation sites (N-methyl/N-ethyl adjacent to an activating group) is 1. The lowest BCUT2D eigenvalue weighted by Gasteiger charge is -2.17. The molecule has 0 fully saturated rings. The van der Waals surface area contributed by atoms with Gasteiger partial charge in [0.2, 0.25) is 0 Å². The molecule has 0 saturated carbocycles. The Labute approximate surface area is 87.2 Å². The molecule has 1 atom stereocenters. The molecule has 3 heteroatoms. The van der Waals surface area contributed by atoms with E-state index in [4.69, 9.17) is 16.3 Å². The number of ether oxygens (including phenoxy) is 1. The molecule has 0 aliphatic rings. The molecular weight excluding hydrogens is 186 g/mol. The van der Waals surface area contributed by atoms with E-state index in [0.717, 1.165) is 32.7 Å². The Balaban J connectivity index is 3.12. The Hall–Kier alpha value is 0.210. The van der Waals surface area contributed by atoms with Gasteiger partial charge < -0.3 is 9.64 Å². The van der Waals surface area contributed by atoms with Crippen LogP contribution in [-0.4, -0.2) is 43.6 Å². The highest BCUT2D eigenvalue weighted by atomic mass is 35.5. The highest BCUT2D eigenvalue weighted by Gasteiger charge is 2.01. The summed E-state index contributed by atoms with van der Waals surface area (Å²) in [5.74, 6) is 0. The maximum absolute atomic E-state index is 5.85. The van der Waals surface area contributed by atoms with Crippen LogP contribution in [0.1, 0.15) is 26.7 Å². The van der Waals surface area contributed by atoms with E-state index in [2.05, 4.69) is 18.9 Å². The summed E-state index contributed by atoms with van der Waals surface area (Å²) in [7, 11) is 2.07. The van der Waals surface area contributed by atoms with E-state index in [1.807, 2.05) is 6.92 Å². The molecule has 0 aromatic carbocycles. The number of unbranched alkanes of at least 4 members (excludes halogenated alkanes) is 1. The van der Waals surface area contributed by atoms with E-state index in [1.54, 1.807) is 0 Å². The van der Waals surface area contributed by atoms with E-state index >= 15 is 0 Å². The molecule has 0 bridgehead atoms. The normalized spacial score (nSPS) is 13.6. The van der Waals surface area contributed by atoms with Crippen LogP contribution in [0.5, 0.6) is 0 Å². The number of halogens is 1. The Morgan fingerprint density at radius 2 is 2.08 bits per heavy atom. The lowest BCUT2D eigenvalue weighted by atomic mass is 10.4. The molecule has 0 radical (unpaired) electrons. The van der Waals surface area contributed by atoms with Crippen LogP contribution >= 0.6 is 11.6 Å². The molecule has 0 aromatic rings. The number of nitrogens with zero attached hydrogens (tertiary/aromatic N) is 1. The quantitative estimate of drug-likeness (QED) is 0.448. The topological polar surface area (TPSA) is 12.5 Å². The minimum absolute atomic E-state index is 0.223. The molecule has 0 amide bonds. The molecule has 0 aliphatic carbocycles. The predicted molar refractivity (Wildman–Crippen MR) is 58.5 cm³/mol. The fourth-order valence-electron chi connectivity index (χ4n) is 1.09. The lowest BCUT2D eigenvalue weighted by Crippen LogP contribution is -2.28. The zero-order valence-corrected chi connectivity index (χ0v) is 9.81. The van der Waals surface area contributed by atoms with Gasteiger partial charge in [0.25, 0.3) is 0 Å². The van der Waals surface area contributed by atoms with Crippen LogP contribution in [0.15, 0.2) is 0 Å². The third kappa shape index (κ3) is 10.1. The predicted octanol–water partition coefficient (Wildman–Crippen LogP) is 2.36. The first-order valence-electron chi connectivity index (χ1n) is 5.07. The van der Waals surface area contributed by atoms with Gasteiger partial charge in [-0.3, -0.25) is 0 Å². The first kappa shape index (κ1) is 13.2. The molecule has 80 valence electrons. The number of rotatable bonds is 8. The number of hydrogen-bond acceptors (Lipinski definition) is 2. The molecule has 0 N–H and O–H groups in total. The highest BCUT2D eigenvalue weighted by Crippen LogP contribution is 1.96. The zero-order valence-electron chi connectivity index (χ0n) is 9.05.